The largest absolute Gasteiger partial charge is 0.361 e. The lowest BCUT2D eigenvalue weighted by Crippen LogP contribution is -1.81. The van der Waals surface area contributed by atoms with Crippen LogP contribution in [0.2, 0.25) is 0 Å². The molecule has 2 heteroatoms. The van der Waals surface area contributed by atoms with E-state index < -0.39 is 0 Å². The quantitative estimate of drug-likeness (QED) is 0.685. The molecule has 0 aliphatic carbocycles. The average molecular weight is 233 g/mol. The van der Waals surface area contributed by atoms with Crippen molar-refractivity contribution in [3.8, 4) is 11.3 Å². The van der Waals surface area contributed by atoms with Gasteiger partial charge in [-0.25, -0.2) is 0 Å². The summed E-state index contributed by atoms with van der Waals surface area (Å²) in [6, 6.07) is 6.50. The van der Waals surface area contributed by atoms with Crippen molar-refractivity contribution < 1.29 is 0 Å². The van der Waals surface area contributed by atoms with Crippen LogP contribution < -0.4 is 0 Å². The van der Waals surface area contributed by atoms with Gasteiger partial charge in [0.1, 0.15) is 0 Å². The van der Waals surface area contributed by atoms with Crippen LogP contribution in [0.5, 0.6) is 0 Å². The number of aromatic nitrogens is 1. The SMILES string of the molecule is CCCCCCc1cc(-c2ccc[nH]2)cs1. The van der Waals surface area contributed by atoms with Crippen LogP contribution >= 0.6 is 11.3 Å². The number of aryl methyl sites for hydroxylation is 1. The number of unbranched alkanes of at least 4 members (excludes halogenated alkanes) is 3. The van der Waals surface area contributed by atoms with E-state index in [0.29, 0.717) is 0 Å². The van der Waals surface area contributed by atoms with Crippen LogP contribution in [0, 0.1) is 0 Å². The van der Waals surface area contributed by atoms with Crippen molar-refractivity contribution in [2.75, 3.05) is 0 Å². The van der Waals surface area contributed by atoms with Crippen LogP contribution in [0.3, 0.4) is 0 Å². The molecule has 0 fully saturated rings. The summed E-state index contributed by atoms with van der Waals surface area (Å²) in [5.74, 6) is 0. The summed E-state index contributed by atoms with van der Waals surface area (Å²) in [6.45, 7) is 2.26. The van der Waals surface area contributed by atoms with Gasteiger partial charge >= 0.3 is 0 Å². The molecule has 2 rings (SSSR count). The number of rotatable bonds is 6. The van der Waals surface area contributed by atoms with Crippen molar-refractivity contribution in [2.24, 2.45) is 0 Å². The summed E-state index contributed by atoms with van der Waals surface area (Å²) in [6.07, 6.45) is 8.61. The van der Waals surface area contributed by atoms with Gasteiger partial charge in [0.2, 0.25) is 0 Å². The first kappa shape index (κ1) is 11.5. The summed E-state index contributed by atoms with van der Waals surface area (Å²) in [5, 5.41) is 2.25. The Bertz CT molecular complexity index is 400. The van der Waals surface area contributed by atoms with Gasteiger partial charge in [0.05, 0.1) is 0 Å². The van der Waals surface area contributed by atoms with Crippen molar-refractivity contribution in [2.45, 2.75) is 39.0 Å². The second-order valence-electron chi connectivity index (χ2n) is 4.20. The van der Waals surface area contributed by atoms with E-state index in [1.54, 1.807) is 0 Å². The fourth-order valence-electron chi connectivity index (χ4n) is 1.89. The van der Waals surface area contributed by atoms with Crippen LogP contribution in [0.25, 0.3) is 11.3 Å². The molecule has 86 valence electrons. The Morgan fingerprint density at radius 2 is 2.19 bits per heavy atom. The first-order valence-corrected chi connectivity index (χ1v) is 6.99. The summed E-state index contributed by atoms with van der Waals surface area (Å²) in [4.78, 5) is 4.76. The van der Waals surface area contributed by atoms with E-state index in [1.165, 1.54) is 48.2 Å². The molecule has 0 saturated heterocycles. The molecule has 2 aromatic rings. The molecule has 0 amide bonds. The van der Waals surface area contributed by atoms with E-state index in [1.807, 2.05) is 23.6 Å². The van der Waals surface area contributed by atoms with Crippen molar-refractivity contribution in [3.63, 3.8) is 0 Å². The molecule has 0 spiro atoms. The molecular weight excluding hydrogens is 214 g/mol. The van der Waals surface area contributed by atoms with Gasteiger partial charge in [-0.2, -0.15) is 0 Å². The van der Waals surface area contributed by atoms with Crippen LogP contribution in [0.4, 0.5) is 0 Å². The number of aromatic amines is 1. The third-order valence-electron chi connectivity index (χ3n) is 2.84. The average Bonchev–Trinajstić information content (AvgIpc) is 2.94. The summed E-state index contributed by atoms with van der Waals surface area (Å²) >= 11 is 1.89. The highest BCUT2D eigenvalue weighted by atomic mass is 32.1. The van der Waals surface area contributed by atoms with E-state index >= 15 is 0 Å². The van der Waals surface area contributed by atoms with E-state index in [2.05, 4.69) is 29.4 Å². The van der Waals surface area contributed by atoms with Crippen molar-refractivity contribution in [1.82, 2.24) is 4.98 Å². The normalized spacial score (nSPS) is 10.8. The molecule has 0 bridgehead atoms. The van der Waals surface area contributed by atoms with E-state index in [4.69, 9.17) is 0 Å². The zero-order valence-electron chi connectivity index (χ0n) is 9.83. The van der Waals surface area contributed by atoms with Gasteiger partial charge in [-0.05, 0) is 31.0 Å². The van der Waals surface area contributed by atoms with Crippen molar-refractivity contribution in [1.29, 1.82) is 0 Å². The van der Waals surface area contributed by atoms with Gasteiger partial charge in [-0.1, -0.05) is 26.2 Å². The topological polar surface area (TPSA) is 15.8 Å². The minimum absolute atomic E-state index is 1.23. The van der Waals surface area contributed by atoms with Gasteiger partial charge in [-0.15, -0.1) is 11.3 Å². The van der Waals surface area contributed by atoms with E-state index in [9.17, 15) is 0 Å². The Hall–Kier alpha value is -1.02. The third kappa shape index (κ3) is 2.99. The maximum absolute atomic E-state index is 3.25. The molecule has 1 N–H and O–H groups in total. The molecular formula is C14H19NS. The molecule has 0 aliphatic heterocycles. The minimum Gasteiger partial charge on any atom is -0.361 e. The predicted molar refractivity (Wildman–Crippen MR) is 72.0 cm³/mol. The summed E-state index contributed by atoms with van der Waals surface area (Å²) < 4.78 is 0. The van der Waals surface area contributed by atoms with Gasteiger partial charge < -0.3 is 4.98 Å². The molecule has 16 heavy (non-hydrogen) atoms. The van der Waals surface area contributed by atoms with Gasteiger partial charge in [0, 0.05) is 27.7 Å². The summed E-state index contributed by atoms with van der Waals surface area (Å²) in [5.41, 5.74) is 2.57. The number of nitrogens with one attached hydrogen (secondary N) is 1. The number of hydrogen-bond donors (Lipinski definition) is 1. The van der Waals surface area contributed by atoms with Crippen LogP contribution in [0.15, 0.2) is 29.8 Å². The van der Waals surface area contributed by atoms with Crippen LogP contribution in [0.1, 0.15) is 37.5 Å². The number of thiophene rings is 1. The molecule has 0 aliphatic rings. The Morgan fingerprint density at radius 1 is 1.25 bits per heavy atom. The lowest BCUT2D eigenvalue weighted by atomic mass is 10.1. The summed E-state index contributed by atoms with van der Waals surface area (Å²) in [7, 11) is 0. The lowest BCUT2D eigenvalue weighted by molar-refractivity contribution is 0.670. The van der Waals surface area contributed by atoms with Crippen LogP contribution in [-0.2, 0) is 6.42 Å². The van der Waals surface area contributed by atoms with E-state index in [-0.39, 0.29) is 0 Å². The number of H-pyrrole nitrogens is 1. The maximum atomic E-state index is 3.25. The molecule has 1 nitrogen and oxygen atoms in total. The van der Waals surface area contributed by atoms with Crippen molar-refractivity contribution >= 4 is 11.3 Å². The fraction of sp³-hybridized carbons (Fsp3) is 0.429. The molecule has 0 radical (unpaired) electrons. The molecule has 2 heterocycles. The first-order chi connectivity index (χ1) is 7.90. The van der Waals surface area contributed by atoms with Gasteiger partial charge in [-0.3, -0.25) is 0 Å². The minimum atomic E-state index is 1.23. The molecule has 2 aromatic heterocycles. The third-order valence-corrected chi connectivity index (χ3v) is 3.84. The molecule has 0 unspecified atom stereocenters. The maximum Gasteiger partial charge on any atom is 0.0462 e. The Labute approximate surface area is 102 Å². The van der Waals surface area contributed by atoms with Crippen LogP contribution in [-0.4, -0.2) is 4.98 Å². The Kier molecular flexibility index (Phi) is 4.23. The molecule has 0 aromatic carbocycles. The Morgan fingerprint density at radius 3 is 2.94 bits per heavy atom. The zero-order chi connectivity index (χ0) is 11.2. The standard InChI is InChI=1S/C14H19NS/c1-2-3-4-5-7-13-10-12(11-16-13)14-8-6-9-15-14/h6,8-11,15H,2-5,7H2,1H3. The fourth-order valence-corrected chi connectivity index (χ4v) is 2.82. The van der Waals surface area contributed by atoms with Gasteiger partial charge in [0.25, 0.3) is 0 Å². The predicted octanol–water partition coefficient (Wildman–Crippen LogP) is 4.87. The van der Waals surface area contributed by atoms with Gasteiger partial charge in [0.15, 0.2) is 0 Å². The molecule has 0 atom stereocenters. The van der Waals surface area contributed by atoms with Crippen molar-refractivity contribution in [3.05, 3.63) is 34.7 Å². The highest BCUT2D eigenvalue weighted by molar-refractivity contribution is 7.10. The molecule has 0 saturated carbocycles. The smallest absolute Gasteiger partial charge is 0.0462 e. The highest BCUT2D eigenvalue weighted by Gasteiger charge is 2.02. The lowest BCUT2D eigenvalue weighted by Gasteiger charge is -1.96. The second-order valence-corrected chi connectivity index (χ2v) is 5.19. The number of hydrogen-bond acceptors (Lipinski definition) is 1. The van der Waals surface area contributed by atoms with E-state index in [0.717, 1.165) is 0 Å². The monoisotopic (exact) mass is 233 g/mol. The Balaban J connectivity index is 1.88. The highest BCUT2D eigenvalue weighted by Crippen LogP contribution is 2.25. The second kappa shape index (κ2) is 5.90. The zero-order valence-corrected chi connectivity index (χ0v) is 10.6. The first-order valence-electron chi connectivity index (χ1n) is 6.11.